The van der Waals surface area contributed by atoms with E-state index in [2.05, 4.69) is 30.1 Å². The molecule has 0 radical (unpaired) electrons. The van der Waals surface area contributed by atoms with Gasteiger partial charge in [0.2, 0.25) is 5.91 Å². The van der Waals surface area contributed by atoms with Crippen molar-refractivity contribution < 1.29 is 14.3 Å². The van der Waals surface area contributed by atoms with Crippen LogP contribution in [-0.2, 0) is 9.53 Å². The van der Waals surface area contributed by atoms with Crippen LogP contribution in [0.2, 0.25) is 0 Å². The first kappa shape index (κ1) is 28.1. The molecule has 4 N–H and O–H groups in total. The molecule has 1 aliphatic heterocycles. The molecule has 218 valence electrons. The zero-order chi connectivity index (χ0) is 29.8. The van der Waals surface area contributed by atoms with Gasteiger partial charge in [0, 0.05) is 48.2 Å². The van der Waals surface area contributed by atoms with Crippen molar-refractivity contribution in [3.63, 3.8) is 0 Å². The van der Waals surface area contributed by atoms with Gasteiger partial charge in [0.15, 0.2) is 5.69 Å². The van der Waals surface area contributed by atoms with Crippen LogP contribution in [0.5, 0.6) is 0 Å². The predicted molar refractivity (Wildman–Crippen MR) is 164 cm³/mol. The highest BCUT2D eigenvalue weighted by molar-refractivity contribution is 6.06. The zero-order valence-electron chi connectivity index (χ0n) is 23.6. The first-order chi connectivity index (χ1) is 21.0. The summed E-state index contributed by atoms with van der Waals surface area (Å²) in [6.45, 7) is 8.10. The van der Waals surface area contributed by atoms with E-state index in [1.54, 1.807) is 24.4 Å². The van der Waals surface area contributed by atoms with Gasteiger partial charge in [0.25, 0.3) is 5.91 Å². The van der Waals surface area contributed by atoms with Crippen LogP contribution < -0.4 is 16.4 Å². The molecule has 2 bridgehead atoms. The molecule has 11 nitrogen and oxygen atoms in total. The Morgan fingerprint density at radius 1 is 1.16 bits per heavy atom. The minimum atomic E-state index is -0.337. The fourth-order valence-corrected chi connectivity index (χ4v) is 5.81. The van der Waals surface area contributed by atoms with Crippen LogP contribution in [0, 0.1) is 6.57 Å². The van der Waals surface area contributed by atoms with Crippen LogP contribution >= 0.6 is 0 Å². The third-order valence-electron chi connectivity index (χ3n) is 7.88. The number of hydrogen-bond donors (Lipinski definition) is 3. The van der Waals surface area contributed by atoms with Crippen molar-refractivity contribution in [2.45, 2.75) is 50.6 Å². The van der Waals surface area contributed by atoms with E-state index >= 15 is 0 Å². The van der Waals surface area contributed by atoms with E-state index < -0.39 is 0 Å². The fraction of sp³-hybridized carbons (Fsp3) is 0.312. The molecule has 2 aliphatic rings. The highest BCUT2D eigenvalue weighted by Gasteiger charge is 2.29. The summed E-state index contributed by atoms with van der Waals surface area (Å²) >= 11 is 0. The molecule has 1 aromatic carbocycles. The van der Waals surface area contributed by atoms with Gasteiger partial charge in [-0.25, -0.2) is 14.8 Å². The minimum Gasteiger partial charge on any atom is -0.383 e. The number of nitrogens with two attached hydrogens (primary N) is 1. The number of nitrogens with one attached hydrogen (secondary N) is 2. The van der Waals surface area contributed by atoms with Gasteiger partial charge in [-0.3, -0.25) is 14.3 Å². The monoisotopic (exact) mass is 576 g/mol. The van der Waals surface area contributed by atoms with Gasteiger partial charge < -0.3 is 21.1 Å². The van der Waals surface area contributed by atoms with E-state index in [0.29, 0.717) is 54.6 Å². The summed E-state index contributed by atoms with van der Waals surface area (Å²) in [5.41, 5.74) is 10.6. The summed E-state index contributed by atoms with van der Waals surface area (Å²) in [6, 6.07) is 10.4. The van der Waals surface area contributed by atoms with Gasteiger partial charge in [-0.15, -0.1) is 0 Å². The lowest BCUT2D eigenvalue weighted by Crippen LogP contribution is -2.39. The Bertz CT molecular complexity index is 1740. The van der Waals surface area contributed by atoms with Gasteiger partial charge in [-0.2, -0.15) is 5.10 Å². The third-order valence-corrected chi connectivity index (χ3v) is 7.88. The maximum atomic E-state index is 12.9. The second kappa shape index (κ2) is 12.4. The molecule has 11 heteroatoms. The molecule has 4 heterocycles. The van der Waals surface area contributed by atoms with E-state index in [9.17, 15) is 9.59 Å². The van der Waals surface area contributed by atoms with E-state index in [4.69, 9.17) is 22.1 Å². The number of aromatic nitrogens is 4. The van der Waals surface area contributed by atoms with Crippen molar-refractivity contribution in [1.29, 1.82) is 0 Å². The molecule has 0 spiro atoms. The molecule has 2 amide bonds. The molecule has 3 aromatic heterocycles. The number of carbonyl (C=O) groups is 2. The van der Waals surface area contributed by atoms with Crippen LogP contribution in [0.3, 0.4) is 0 Å². The highest BCUT2D eigenvalue weighted by Crippen LogP contribution is 2.39. The SMILES string of the molecule is [C-]#[N+]c1ccnc(NC(=O)c2ccc(-c3nn4c5c(cnc(N)c35)/C=C/COCCCC(=O)N[C@@H]3CCC[C@@H]4C3)cc2)c1. The van der Waals surface area contributed by atoms with Crippen LogP contribution in [0.1, 0.15) is 60.5 Å². The molecular weight excluding hydrogens is 544 g/mol. The van der Waals surface area contributed by atoms with Crippen molar-refractivity contribution in [2.24, 2.45) is 0 Å². The number of benzene rings is 1. The van der Waals surface area contributed by atoms with Crippen molar-refractivity contribution in [2.75, 3.05) is 24.3 Å². The van der Waals surface area contributed by atoms with Crippen molar-refractivity contribution in [3.8, 4) is 11.3 Å². The fourth-order valence-electron chi connectivity index (χ4n) is 5.81. The van der Waals surface area contributed by atoms with Crippen molar-refractivity contribution >= 4 is 46.1 Å². The molecule has 0 saturated heterocycles. The molecule has 1 fully saturated rings. The van der Waals surface area contributed by atoms with Gasteiger partial charge >= 0.3 is 0 Å². The smallest absolute Gasteiger partial charge is 0.256 e. The summed E-state index contributed by atoms with van der Waals surface area (Å²) in [6.07, 6.45) is 11.9. The standard InChI is InChI=1S/C32H32N8O3/c1-34-23-13-14-35-26(18-23)38-32(42)21-11-9-20(10-12-21)29-28-30-22(19-36-31(28)33)5-3-15-43-16-4-8-27(41)37-24-6-2-7-25(17-24)40(30)39-29/h3,5,9-14,18-19,24-25H,2,4,6-8,15-17H2,(H2,33,36)(H,37,41)(H,35,38,42)/b5-3+/t24-,25-/m1/s1. The zero-order valence-corrected chi connectivity index (χ0v) is 23.6. The Hall–Kier alpha value is -5.08. The number of hydrogen-bond acceptors (Lipinski definition) is 7. The third kappa shape index (κ3) is 6.10. The van der Waals surface area contributed by atoms with E-state index in [0.717, 1.165) is 47.7 Å². The van der Waals surface area contributed by atoms with Gasteiger partial charge in [-0.1, -0.05) is 24.3 Å². The number of fused-ring (bicyclic) bond motifs is 3. The Kier molecular flexibility index (Phi) is 8.11. The second-order valence-electron chi connectivity index (χ2n) is 10.8. The van der Waals surface area contributed by atoms with E-state index in [1.165, 1.54) is 12.3 Å². The number of nitrogens with zero attached hydrogens (tertiary/aromatic N) is 5. The lowest BCUT2D eigenvalue weighted by Gasteiger charge is -2.30. The van der Waals surface area contributed by atoms with Crippen molar-refractivity contribution in [3.05, 3.63) is 77.4 Å². The predicted octanol–water partition coefficient (Wildman–Crippen LogP) is 5.30. The van der Waals surface area contributed by atoms with Gasteiger partial charge in [0.05, 0.1) is 30.1 Å². The van der Waals surface area contributed by atoms with Crippen LogP contribution in [0.25, 0.3) is 33.1 Å². The number of rotatable bonds is 3. The van der Waals surface area contributed by atoms with Gasteiger partial charge in [0.1, 0.15) is 17.3 Å². The molecule has 2 atom stereocenters. The lowest BCUT2D eigenvalue weighted by atomic mass is 9.90. The molecule has 1 saturated carbocycles. The Labute approximate surface area is 249 Å². The number of ether oxygens (including phenoxy) is 1. The lowest BCUT2D eigenvalue weighted by molar-refractivity contribution is -0.122. The molecule has 0 unspecified atom stereocenters. The quantitative estimate of drug-likeness (QED) is 0.281. The molecular formula is C32H32N8O3. The number of carbonyl (C=O) groups excluding carboxylic acids is 2. The summed E-state index contributed by atoms with van der Waals surface area (Å²) in [7, 11) is 0. The number of anilines is 2. The summed E-state index contributed by atoms with van der Waals surface area (Å²) in [5, 5.41) is 11.8. The molecule has 43 heavy (non-hydrogen) atoms. The average molecular weight is 577 g/mol. The summed E-state index contributed by atoms with van der Waals surface area (Å²) < 4.78 is 7.78. The maximum Gasteiger partial charge on any atom is 0.256 e. The van der Waals surface area contributed by atoms with Gasteiger partial charge in [-0.05, 0) is 56.4 Å². The minimum absolute atomic E-state index is 0.0545. The van der Waals surface area contributed by atoms with Crippen LogP contribution in [-0.4, -0.2) is 50.8 Å². The van der Waals surface area contributed by atoms with E-state index in [1.807, 2.05) is 24.3 Å². The molecule has 1 aliphatic carbocycles. The number of nitrogen functional groups attached to an aromatic ring is 1. The maximum absolute atomic E-state index is 12.9. The summed E-state index contributed by atoms with van der Waals surface area (Å²) in [5.74, 6) is 0.399. The normalized spacial score (nSPS) is 19.8. The molecule has 4 aromatic rings. The summed E-state index contributed by atoms with van der Waals surface area (Å²) in [4.78, 5) is 37.5. The highest BCUT2D eigenvalue weighted by atomic mass is 16.5. The number of amides is 2. The van der Waals surface area contributed by atoms with Crippen LogP contribution in [0.4, 0.5) is 17.3 Å². The van der Waals surface area contributed by atoms with E-state index in [-0.39, 0.29) is 23.9 Å². The average Bonchev–Trinajstić information content (AvgIpc) is 3.43. The largest absolute Gasteiger partial charge is 0.383 e. The second-order valence-corrected chi connectivity index (χ2v) is 10.8. The van der Waals surface area contributed by atoms with Crippen LogP contribution in [0.15, 0.2) is 54.9 Å². The Morgan fingerprint density at radius 2 is 2.02 bits per heavy atom. The first-order valence-electron chi connectivity index (χ1n) is 14.5. The first-order valence-corrected chi connectivity index (χ1v) is 14.5. The number of pyridine rings is 2. The topological polar surface area (TPSA) is 141 Å². The Morgan fingerprint density at radius 3 is 2.86 bits per heavy atom. The molecule has 6 rings (SSSR count). The Balaban J connectivity index is 1.37. The van der Waals surface area contributed by atoms with Crippen molar-refractivity contribution in [1.82, 2.24) is 25.1 Å².